The second-order valence-corrected chi connectivity index (χ2v) is 7.40. The van der Waals surface area contributed by atoms with Crippen LogP contribution in [-0.2, 0) is 22.7 Å². The summed E-state index contributed by atoms with van der Waals surface area (Å²) in [6.45, 7) is 6.68. The van der Waals surface area contributed by atoms with Crippen molar-refractivity contribution in [2.24, 2.45) is 5.92 Å². The lowest BCUT2D eigenvalue weighted by Gasteiger charge is -2.29. The Labute approximate surface area is 158 Å². The molecule has 142 valence electrons. The van der Waals surface area contributed by atoms with E-state index in [0.717, 1.165) is 24.2 Å². The molecule has 0 bridgehead atoms. The Morgan fingerprint density at radius 3 is 2.89 bits per heavy atom. The Bertz CT molecular complexity index is 806. The third kappa shape index (κ3) is 3.28. The van der Waals surface area contributed by atoms with Crippen LogP contribution in [-0.4, -0.2) is 47.8 Å². The molecule has 3 aliphatic rings. The molecule has 3 aliphatic heterocycles. The van der Waals surface area contributed by atoms with E-state index in [9.17, 15) is 14.4 Å². The first-order valence-electron chi connectivity index (χ1n) is 9.40. The van der Waals surface area contributed by atoms with Gasteiger partial charge in [-0.2, -0.15) is 0 Å². The molecule has 1 unspecified atom stereocenters. The third-order valence-corrected chi connectivity index (χ3v) is 5.76. The van der Waals surface area contributed by atoms with Crippen LogP contribution in [0, 0.1) is 5.92 Å². The number of imide groups is 1. The van der Waals surface area contributed by atoms with Gasteiger partial charge in [0.15, 0.2) is 0 Å². The highest BCUT2D eigenvalue weighted by Gasteiger charge is 2.40. The first kappa shape index (κ1) is 17.9. The van der Waals surface area contributed by atoms with E-state index in [0.29, 0.717) is 37.0 Å². The maximum atomic E-state index is 13.1. The molecule has 7 nitrogen and oxygen atoms in total. The molecule has 1 aromatic rings. The first-order valence-corrected chi connectivity index (χ1v) is 9.40. The van der Waals surface area contributed by atoms with Gasteiger partial charge in [0, 0.05) is 50.1 Å². The number of nitrogens with one attached hydrogen (secondary N) is 3. The minimum atomic E-state index is -0.576. The Morgan fingerprint density at radius 1 is 1.26 bits per heavy atom. The summed E-state index contributed by atoms with van der Waals surface area (Å²) in [5.41, 5.74) is 2.58. The molecular weight excluding hydrogens is 344 g/mol. The Morgan fingerprint density at radius 2 is 2.11 bits per heavy atom. The normalized spacial score (nSPS) is 27.6. The van der Waals surface area contributed by atoms with E-state index in [4.69, 9.17) is 0 Å². The number of carbonyl (C=O) groups excluding carboxylic acids is 3. The quantitative estimate of drug-likeness (QED) is 0.514. The number of fused-ring (bicyclic) bond motifs is 1. The topological polar surface area (TPSA) is 90.5 Å². The maximum absolute atomic E-state index is 13.1. The van der Waals surface area contributed by atoms with Crippen molar-refractivity contribution >= 4 is 17.7 Å². The van der Waals surface area contributed by atoms with Crippen LogP contribution in [0.15, 0.2) is 30.9 Å². The number of rotatable bonds is 5. The molecule has 2 fully saturated rings. The van der Waals surface area contributed by atoms with Gasteiger partial charge in [-0.25, -0.2) is 0 Å². The molecular formula is C20H24N4O3. The lowest BCUT2D eigenvalue weighted by Crippen LogP contribution is -2.52. The zero-order valence-electron chi connectivity index (χ0n) is 15.2. The fourth-order valence-electron chi connectivity index (χ4n) is 4.25. The van der Waals surface area contributed by atoms with E-state index < -0.39 is 6.04 Å². The molecule has 3 atom stereocenters. The zero-order valence-corrected chi connectivity index (χ0v) is 15.2. The molecule has 7 heteroatoms. The van der Waals surface area contributed by atoms with Gasteiger partial charge in [-0.3, -0.25) is 19.7 Å². The molecule has 3 heterocycles. The monoisotopic (exact) mass is 368 g/mol. The molecule has 2 saturated heterocycles. The van der Waals surface area contributed by atoms with Gasteiger partial charge >= 0.3 is 0 Å². The minimum absolute atomic E-state index is 0.123. The number of carbonyl (C=O) groups is 3. The fraction of sp³-hybridized carbons (Fsp3) is 0.450. The third-order valence-electron chi connectivity index (χ3n) is 5.76. The fourth-order valence-corrected chi connectivity index (χ4v) is 4.25. The molecule has 1 aromatic carbocycles. The maximum Gasteiger partial charge on any atom is 0.255 e. The van der Waals surface area contributed by atoms with E-state index in [1.54, 1.807) is 4.90 Å². The van der Waals surface area contributed by atoms with Gasteiger partial charge in [-0.05, 0) is 17.5 Å². The van der Waals surface area contributed by atoms with Gasteiger partial charge in [0.2, 0.25) is 11.8 Å². The summed E-state index contributed by atoms with van der Waals surface area (Å²) in [5.74, 6) is -0.399. The van der Waals surface area contributed by atoms with Crippen molar-refractivity contribution in [1.82, 2.24) is 20.9 Å². The van der Waals surface area contributed by atoms with E-state index in [1.165, 1.54) is 0 Å². The molecule has 3 N–H and O–H groups in total. The van der Waals surface area contributed by atoms with Crippen LogP contribution in [0.4, 0.5) is 0 Å². The number of piperidine rings is 1. The highest BCUT2D eigenvalue weighted by molar-refractivity contribution is 6.05. The minimum Gasteiger partial charge on any atom is -0.322 e. The second kappa shape index (κ2) is 7.25. The van der Waals surface area contributed by atoms with Gasteiger partial charge in [-0.1, -0.05) is 24.3 Å². The SMILES string of the molecule is C=C[C@@H]1CNC[C@@H]1NCc1cccc2c1C(=O)N(C1CCC(=O)NC1=O)C2. The molecule has 0 radical (unpaired) electrons. The molecule has 0 spiro atoms. The highest BCUT2D eigenvalue weighted by atomic mass is 16.2. The predicted octanol–water partition coefficient (Wildman–Crippen LogP) is 0.311. The van der Waals surface area contributed by atoms with Crippen LogP contribution in [0.5, 0.6) is 0 Å². The van der Waals surface area contributed by atoms with E-state index in [1.807, 2.05) is 24.3 Å². The van der Waals surface area contributed by atoms with E-state index in [-0.39, 0.29) is 24.1 Å². The summed E-state index contributed by atoms with van der Waals surface area (Å²) in [6.07, 6.45) is 2.61. The van der Waals surface area contributed by atoms with E-state index >= 15 is 0 Å². The lowest BCUT2D eigenvalue weighted by molar-refractivity contribution is -0.136. The lowest BCUT2D eigenvalue weighted by atomic mass is 10.0. The van der Waals surface area contributed by atoms with Crippen LogP contribution in [0.25, 0.3) is 0 Å². The zero-order chi connectivity index (χ0) is 19.0. The first-order chi connectivity index (χ1) is 13.1. The van der Waals surface area contributed by atoms with Crippen molar-refractivity contribution in [3.05, 3.63) is 47.5 Å². The van der Waals surface area contributed by atoms with Gasteiger partial charge in [0.1, 0.15) is 6.04 Å². The molecule has 27 heavy (non-hydrogen) atoms. The van der Waals surface area contributed by atoms with Gasteiger partial charge < -0.3 is 15.5 Å². The number of benzene rings is 1. The summed E-state index contributed by atoms with van der Waals surface area (Å²) >= 11 is 0. The van der Waals surface area contributed by atoms with Crippen molar-refractivity contribution in [1.29, 1.82) is 0 Å². The largest absolute Gasteiger partial charge is 0.322 e. The Balaban J connectivity index is 1.50. The van der Waals surface area contributed by atoms with Crippen LogP contribution < -0.4 is 16.0 Å². The standard InChI is InChI=1S/C20H24N4O3/c1-2-12-8-21-10-15(12)22-9-13-4-3-5-14-11-24(20(27)18(13)14)16-6-7-17(25)23-19(16)26/h2-5,12,15-16,21-22H,1,6-11H2,(H,23,25,26)/t12-,15+,16?/m1/s1. The molecule has 0 aliphatic carbocycles. The molecule has 3 amide bonds. The van der Waals surface area contributed by atoms with Crippen molar-refractivity contribution in [3.63, 3.8) is 0 Å². The summed E-state index contributed by atoms with van der Waals surface area (Å²) in [4.78, 5) is 38.2. The number of amides is 3. The Hall–Kier alpha value is -2.51. The van der Waals surface area contributed by atoms with Gasteiger partial charge in [0.25, 0.3) is 5.91 Å². The van der Waals surface area contributed by atoms with Crippen molar-refractivity contribution < 1.29 is 14.4 Å². The van der Waals surface area contributed by atoms with Crippen LogP contribution >= 0.6 is 0 Å². The Kier molecular flexibility index (Phi) is 4.80. The van der Waals surface area contributed by atoms with Gasteiger partial charge in [-0.15, -0.1) is 6.58 Å². The summed E-state index contributed by atoms with van der Waals surface area (Å²) in [6, 6.07) is 5.57. The van der Waals surface area contributed by atoms with Crippen molar-refractivity contribution in [3.8, 4) is 0 Å². The number of hydrogen-bond donors (Lipinski definition) is 3. The number of nitrogens with zero attached hydrogens (tertiary/aromatic N) is 1. The second-order valence-electron chi connectivity index (χ2n) is 7.40. The summed E-state index contributed by atoms with van der Waals surface area (Å²) in [5, 5.41) is 9.22. The van der Waals surface area contributed by atoms with Crippen LogP contribution in [0.1, 0.15) is 34.3 Å². The van der Waals surface area contributed by atoms with E-state index in [2.05, 4.69) is 22.5 Å². The molecule has 0 aromatic heterocycles. The van der Waals surface area contributed by atoms with Crippen molar-refractivity contribution in [2.45, 2.75) is 38.0 Å². The average molecular weight is 368 g/mol. The summed E-state index contributed by atoms with van der Waals surface area (Å²) in [7, 11) is 0. The van der Waals surface area contributed by atoms with Crippen molar-refractivity contribution in [2.75, 3.05) is 13.1 Å². The average Bonchev–Trinajstić information content (AvgIpc) is 3.24. The highest BCUT2D eigenvalue weighted by Crippen LogP contribution is 2.30. The van der Waals surface area contributed by atoms with Gasteiger partial charge in [0.05, 0.1) is 0 Å². The number of hydrogen-bond acceptors (Lipinski definition) is 5. The summed E-state index contributed by atoms with van der Waals surface area (Å²) < 4.78 is 0. The molecule has 0 saturated carbocycles. The molecule has 4 rings (SSSR count). The predicted molar refractivity (Wildman–Crippen MR) is 99.7 cm³/mol. The van der Waals surface area contributed by atoms with Crippen LogP contribution in [0.3, 0.4) is 0 Å². The van der Waals surface area contributed by atoms with Crippen LogP contribution in [0.2, 0.25) is 0 Å². The smallest absolute Gasteiger partial charge is 0.255 e.